The number of halogens is 1. The second kappa shape index (κ2) is 6.53. The Labute approximate surface area is 134 Å². The number of rotatable bonds is 4. The number of ketones is 1. The van der Waals surface area contributed by atoms with Crippen LogP contribution in [0, 0.1) is 16.4 Å². The fourth-order valence-electron chi connectivity index (χ4n) is 2.24. The Morgan fingerprint density at radius 2 is 1.75 bits per heavy atom. The minimum absolute atomic E-state index is 0.106. The molecule has 0 aliphatic heterocycles. The predicted molar refractivity (Wildman–Crippen MR) is 92.3 cm³/mol. The van der Waals surface area contributed by atoms with Gasteiger partial charge in [0.05, 0.1) is 0 Å². The first-order chi connectivity index (χ1) is 9.49. The molecule has 0 saturated heterocycles. The Morgan fingerprint density at radius 3 is 2.35 bits per heavy atom. The number of carbonyl (C=O) groups is 1. The molecule has 0 saturated carbocycles. The van der Waals surface area contributed by atoms with Crippen LogP contribution >= 0.6 is 22.6 Å². The molecule has 0 N–H and O–H groups in total. The van der Waals surface area contributed by atoms with Gasteiger partial charge in [0, 0.05) is 14.7 Å². The molecule has 0 aromatic heterocycles. The van der Waals surface area contributed by atoms with E-state index in [1.165, 1.54) is 5.56 Å². The van der Waals surface area contributed by atoms with E-state index in [2.05, 4.69) is 48.6 Å². The summed E-state index contributed by atoms with van der Waals surface area (Å²) in [6, 6.07) is 13.9. The third-order valence-electron chi connectivity index (χ3n) is 3.30. The van der Waals surface area contributed by atoms with E-state index < -0.39 is 0 Å². The van der Waals surface area contributed by atoms with Gasteiger partial charge in [-0.3, -0.25) is 4.79 Å². The lowest BCUT2D eigenvalue weighted by atomic mass is 9.98. The van der Waals surface area contributed by atoms with Gasteiger partial charge >= 0.3 is 0 Å². The molecule has 0 atom stereocenters. The van der Waals surface area contributed by atoms with Crippen molar-refractivity contribution in [1.82, 2.24) is 0 Å². The molecule has 1 nitrogen and oxygen atoms in total. The zero-order chi connectivity index (χ0) is 14.7. The summed E-state index contributed by atoms with van der Waals surface area (Å²) in [6.45, 7) is 6.44. The Kier molecular flexibility index (Phi) is 4.97. The van der Waals surface area contributed by atoms with E-state index >= 15 is 0 Å². The highest BCUT2D eigenvalue weighted by Gasteiger charge is 2.13. The smallest absolute Gasteiger partial charge is 0.194 e. The summed E-state index contributed by atoms with van der Waals surface area (Å²) in [6.07, 6.45) is 1.05. The van der Waals surface area contributed by atoms with Gasteiger partial charge in [-0.15, -0.1) is 0 Å². The summed E-state index contributed by atoms with van der Waals surface area (Å²) in [5.41, 5.74) is 3.99. The fourth-order valence-corrected chi connectivity index (χ4v) is 2.85. The van der Waals surface area contributed by atoms with Crippen molar-refractivity contribution in [3.05, 3.63) is 68.3 Å². The minimum Gasteiger partial charge on any atom is -0.289 e. The zero-order valence-corrected chi connectivity index (χ0v) is 14.3. The molecule has 2 rings (SSSR count). The molecule has 2 aromatic carbocycles. The molecule has 2 heteroatoms. The molecule has 0 radical (unpaired) electrons. The van der Waals surface area contributed by atoms with Crippen molar-refractivity contribution in [2.45, 2.75) is 27.2 Å². The average Bonchev–Trinajstić information content (AvgIpc) is 2.41. The van der Waals surface area contributed by atoms with E-state index in [1.807, 2.05) is 37.3 Å². The molecular weight excluding hydrogens is 359 g/mol. The highest BCUT2D eigenvalue weighted by molar-refractivity contribution is 14.1. The second-order valence-corrected chi connectivity index (χ2v) is 6.64. The van der Waals surface area contributed by atoms with Crippen LogP contribution in [0.4, 0.5) is 0 Å². The molecule has 0 aliphatic rings. The highest BCUT2D eigenvalue weighted by Crippen LogP contribution is 2.20. The normalized spacial score (nSPS) is 10.8. The molecule has 0 spiro atoms. The molecular formula is C18H19IO. The fraction of sp³-hybridized carbons (Fsp3) is 0.278. The summed E-state index contributed by atoms with van der Waals surface area (Å²) in [5.74, 6) is 0.739. The van der Waals surface area contributed by atoms with Crippen molar-refractivity contribution in [1.29, 1.82) is 0 Å². The SMILES string of the molecule is Cc1cccc(C(=O)c2ccc(CC(C)C)cc2)c1I. The van der Waals surface area contributed by atoms with Crippen LogP contribution in [0.1, 0.15) is 40.9 Å². The van der Waals surface area contributed by atoms with Crippen LogP contribution in [0.3, 0.4) is 0 Å². The van der Waals surface area contributed by atoms with Gasteiger partial charge in [0.25, 0.3) is 0 Å². The Bertz CT molecular complexity index is 612. The summed E-state index contributed by atoms with van der Waals surface area (Å²) in [5, 5.41) is 0. The molecule has 0 unspecified atom stereocenters. The number of aryl methyl sites for hydroxylation is 1. The van der Waals surface area contributed by atoms with E-state index in [0.29, 0.717) is 5.92 Å². The third kappa shape index (κ3) is 3.48. The Morgan fingerprint density at radius 1 is 1.10 bits per heavy atom. The van der Waals surface area contributed by atoms with Gasteiger partial charge in [0.2, 0.25) is 0 Å². The maximum absolute atomic E-state index is 12.5. The lowest BCUT2D eigenvalue weighted by Crippen LogP contribution is -2.05. The van der Waals surface area contributed by atoms with Crippen LogP contribution in [0.15, 0.2) is 42.5 Å². The van der Waals surface area contributed by atoms with Crippen LogP contribution < -0.4 is 0 Å². The summed E-state index contributed by atoms with van der Waals surface area (Å²) in [4.78, 5) is 12.5. The molecule has 0 heterocycles. The highest BCUT2D eigenvalue weighted by atomic mass is 127. The van der Waals surface area contributed by atoms with E-state index in [4.69, 9.17) is 0 Å². The zero-order valence-electron chi connectivity index (χ0n) is 12.1. The monoisotopic (exact) mass is 378 g/mol. The van der Waals surface area contributed by atoms with Gasteiger partial charge in [-0.05, 0) is 59.0 Å². The first kappa shape index (κ1) is 15.2. The number of hydrogen-bond acceptors (Lipinski definition) is 1. The maximum atomic E-state index is 12.5. The molecule has 2 aromatic rings. The quantitative estimate of drug-likeness (QED) is 0.539. The molecule has 20 heavy (non-hydrogen) atoms. The molecule has 0 bridgehead atoms. The van der Waals surface area contributed by atoms with Crippen LogP contribution in [0.5, 0.6) is 0 Å². The van der Waals surface area contributed by atoms with Gasteiger partial charge in [-0.1, -0.05) is 50.2 Å². The lowest BCUT2D eigenvalue weighted by Gasteiger charge is -2.08. The number of carbonyl (C=O) groups excluding carboxylic acids is 1. The van der Waals surface area contributed by atoms with Crippen molar-refractivity contribution in [3.8, 4) is 0 Å². The summed E-state index contributed by atoms with van der Waals surface area (Å²) in [7, 11) is 0. The van der Waals surface area contributed by atoms with E-state index in [1.54, 1.807) is 0 Å². The van der Waals surface area contributed by atoms with Crippen LogP contribution in [-0.2, 0) is 6.42 Å². The van der Waals surface area contributed by atoms with Crippen molar-refractivity contribution in [2.24, 2.45) is 5.92 Å². The van der Waals surface area contributed by atoms with Crippen molar-refractivity contribution in [3.63, 3.8) is 0 Å². The van der Waals surface area contributed by atoms with Gasteiger partial charge in [0.1, 0.15) is 0 Å². The third-order valence-corrected chi connectivity index (χ3v) is 4.73. The summed E-state index contributed by atoms with van der Waals surface area (Å²) >= 11 is 2.25. The van der Waals surface area contributed by atoms with Gasteiger partial charge in [-0.25, -0.2) is 0 Å². The van der Waals surface area contributed by atoms with Gasteiger partial charge < -0.3 is 0 Å². The maximum Gasteiger partial charge on any atom is 0.194 e. The van der Waals surface area contributed by atoms with E-state index in [0.717, 1.165) is 26.7 Å². The predicted octanol–water partition coefficient (Wildman–Crippen LogP) is 5.03. The van der Waals surface area contributed by atoms with Gasteiger partial charge in [-0.2, -0.15) is 0 Å². The number of benzene rings is 2. The van der Waals surface area contributed by atoms with Crippen LogP contribution in [-0.4, -0.2) is 5.78 Å². The largest absolute Gasteiger partial charge is 0.289 e. The minimum atomic E-state index is 0.106. The van der Waals surface area contributed by atoms with Crippen molar-refractivity contribution < 1.29 is 4.79 Å². The second-order valence-electron chi connectivity index (χ2n) is 5.56. The molecule has 104 valence electrons. The first-order valence-electron chi connectivity index (χ1n) is 6.87. The standard InChI is InChI=1S/C18H19IO/c1-12(2)11-14-7-9-15(10-8-14)18(20)16-6-4-5-13(3)17(16)19/h4-10,12H,11H2,1-3H3. The molecule has 0 aliphatic carbocycles. The van der Waals surface area contributed by atoms with Crippen LogP contribution in [0.2, 0.25) is 0 Å². The van der Waals surface area contributed by atoms with Crippen molar-refractivity contribution >= 4 is 28.4 Å². The topological polar surface area (TPSA) is 17.1 Å². The van der Waals surface area contributed by atoms with Gasteiger partial charge in [0.15, 0.2) is 5.78 Å². The van der Waals surface area contributed by atoms with E-state index in [9.17, 15) is 4.79 Å². The average molecular weight is 378 g/mol. The number of hydrogen-bond donors (Lipinski definition) is 0. The Balaban J connectivity index is 2.27. The lowest BCUT2D eigenvalue weighted by molar-refractivity contribution is 0.103. The van der Waals surface area contributed by atoms with Crippen molar-refractivity contribution in [2.75, 3.05) is 0 Å². The molecule has 0 fully saturated rings. The Hall–Kier alpha value is -1.16. The van der Waals surface area contributed by atoms with E-state index in [-0.39, 0.29) is 5.78 Å². The summed E-state index contributed by atoms with van der Waals surface area (Å²) < 4.78 is 1.04. The van der Waals surface area contributed by atoms with Crippen LogP contribution in [0.25, 0.3) is 0 Å². The molecule has 0 amide bonds. The first-order valence-corrected chi connectivity index (χ1v) is 7.95.